The Morgan fingerprint density at radius 3 is 2.45 bits per heavy atom. The van der Waals surface area contributed by atoms with Gasteiger partial charge in [-0.2, -0.15) is 0 Å². The number of carbonyl (C=O) groups excluding carboxylic acids is 1. The van der Waals surface area contributed by atoms with Crippen molar-refractivity contribution in [2.75, 3.05) is 7.11 Å². The van der Waals surface area contributed by atoms with Gasteiger partial charge in [-0.15, -0.1) is 5.10 Å². The highest BCUT2D eigenvalue weighted by Crippen LogP contribution is 2.60. The normalized spacial score (nSPS) is 38.1. The van der Waals surface area contributed by atoms with Crippen molar-refractivity contribution in [1.82, 2.24) is 15.0 Å². The van der Waals surface area contributed by atoms with E-state index >= 15 is 0 Å². The number of aromatic nitrogens is 3. The van der Waals surface area contributed by atoms with Gasteiger partial charge in [0.25, 0.3) is 0 Å². The van der Waals surface area contributed by atoms with Crippen molar-refractivity contribution in [3.8, 4) is 0 Å². The summed E-state index contributed by atoms with van der Waals surface area (Å²) in [6.07, 6.45) is 10.1. The van der Waals surface area contributed by atoms with E-state index < -0.39 is 5.97 Å². The molecule has 108 valence electrons. The number of carbonyl (C=O) groups is 1. The highest BCUT2D eigenvalue weighted by atomic mass is 16.5. The number of methoxy groups -OCH3 is 1. The van der Waals surface area contributed by atoms with E-state index in [1.807, 2.05) is 4.68 Å². The number of esters is 1. The van der Waals surface area contributed by atoms with Crippen LogP contribution in [-0.4, -0.2) is 28.1 Å². The van der Waals surface area contributed by atoms with Crippen molar-refractivity contribution in [2.45, 2.75) is 45.1 Å². The van der Waals surface area contributed by atoms with E-state index in [-0.39, 0.29) is 0 Å². The third-order valence-corrected chi connectivity index (χ3v) is 5.60. The van der Waals surface area contributed by atoms with Gasteiger partial charge >= 0.3 is 5.97 Å². The largest absolute Gasteiger partial charge is 0.464 e. The highest BCUT2D eigenvalue weighted by Gasteiger charge is 2.51. The molecule has 0 aliphatic heterocycles. The molecule has 4 saturated carbocycles. The Kier molecular flexibility index (Phi) is 2.66. The molecule has 5 rings (SSSR count). The first-order valence-corrected chi connectivity index (χ1v) is 7.64. The molecule has 0 amide bonds. The summed E-state index contributed by atoms with van der Waals surface area (Å²) in [6.45, 7) is 0.917. The van der Waals surface area contributed by atoms with Crippen LogP contribution in [0.2, 0.25) is 0 Å². The summed E-state index contributed by atoms with van der Waals surface area (Å²) < 4.78 is 6.55. The topological polar surface area (TPSA) is 57.0 Å². The van der Waals surface area contributed by atoms with Crippen LogP contribution in [-0.2, 0) is 11.3 Å². The second kappa shape index (κ2) is 4.30. The molecule has 1 aromatic rings. The zero-order valence-corrected chi connectivity index (χ0v) is 11.9. The van der Waals surface area contributed by atoms with Gasteiger partial charge in [-0.25, -0.2) is 4.79 Å². The predicted octanol–water partition coefficient (Wildman–Crippen LogP) is 2.28. The molecule has 0 N–H and O–H groups in total. The second-order valence-electron chi connectivity index (χ2n) is 7.21. The zero-order chi connectivity index (χ0) is 13.7. The highest BCUT2D eigenvalue weighted by molar-refractivity contribution is 5.86. The fraction of sp³-hybridized carbons (Fsp3) is 0.800. The van der Waals surface area contributed by atoms with E-state index in [0.29, 0.717) is 11.1 Å². The van der Waals surface area contributed by atoms with E-state index in [9.17, 15) is 4.79 Å². The first-order valence-electron chi connectivity index (χ1n) is 7.64. The Hall–Kier alpha value is -1.39. The molecule has 4 bridgehead atoms. The Morgan fingerprint density at radius 2 is 1.90 bits per heavy atom. The third-order valence-electron chi connectivity index (χ3n) is 5.60. The number of hydrogen-bond acceptors (Lipinski definition) is 4. The van der Waals surface area contributed by atoms with Crippen LogP contribution in [0.1, 0.15) is 49.0 Å². The lowest BCUT2D eigenvalue weighted by Crippen LogP contribution is -2.48. The van der Waals surface area contributed by atoms with Crippen molar-refractivity contribution in [2.24, 2.45) is 23.2 Å². The van der Waals surface area contributed by atoms with E-state index in [1.54, 1.807) is 6.20 Å². The van der Waals surface area contributed by atoms with Gasteiger partial charge in [0, 0.05) is 6.54 Å². The zero-order valence-electron chi connectivity index (χ0n) is 11.9. The van der Waals surface area contributed by atoms with Crippen LogP contribution in [0.5, 0.6) is 0 Å². The third kappa shape index (κ3) is 1.95. The van der Waals surface area contributed by atoms with Crippen molar-refractivity contribution in [3.05, 3.63) is 11.9 Å². The van der Waals surface area contributed by atoms with Crippen LogP contribution in [0.25, 0.3) is 0 Å². The van der Waals surface area contributed by atoms with Gasteiger partial charge in [-0.3, -0.25) is 4.68 Å². The van der Waals surface area contributed by atoms with Crippen LogP contribution >= 0.6 is 0 Å². The molecule has 5 nitrogen and oxygen atoms in total. The van der Waals surface area contributed by atoms with Gasteiger partial charge in [0.05, 0.1) is 13.3 Å². The maximum atomic E-state index is 11.5. The summed E-state index contributed by atoms with van der Waals surface area (Å²) in [7, 11) is 1.38. The van der Waals surface area contributed by atoms with E-state index in [2.05, 4.69) is 15.0 Å². The van der Waals surface area contributed by atoms with Gasteiger partial charge in [-0.1, -0.05) is 5.21 Å². The molecule has 5 heteroatoms. The summed E-state index contributed by atoms with van der Waals surface area (Å²) in [5.41, 5.74) is 0.729. The lowest BCUT2D eigenvalue weighted by molar-refractivity contribution is -0.0637. The molecule has 0 aromatic carbocycles. The molecular weight excluding hydrogens is 254 g/mol. The molecule has 0 atom stereocenters. The molecule has 4 fully saturated rings. The van der Waals surface area contributed by atoms with Crippen LogP contribution in [0.3, 0.4) is 0 Å². The molecule has 1 heterocycles. The molecule has 1 aromatic heterocycles. The minimum atomic E-state index is -0.401. The Morgan fingerprint density at radius 1 is 1.30 bits per heavy atom. The fourth-order valence-corrected chi connectivity index (χ4v) is 5.40. The molecule has 0 radical (unpaired) electrons. The predicted molar refractivity (Wildman–Crippen MR) is 72.0 cm³/mol. The number of hydrogen-bond donors (Lipinski definition) is 0. The van der Waals surface area contributed by atoms with Gasteiger partial charge in [-0.05, 0) is 61.7 Å². The van der Waals surface area contributed by atoms with Crippen LogP contribution in [0.15, 0.2) is 6.20 Å². The lowest BCUT2D eigenvalue weighted by Gasteiger charge is -2.56. The van der Waals surface area contributed by atoms with Crippen LogP contribution in [0, 0.1) is 23.2 Å². The number of ether oxygens (including phenoxy) is 1. The summed E-state index contributed by atoms with van der Waals surface area (Å²) in [5, 5.41) is 8.05. The van der Waals surface area contributed by atoms with Crippen molar-refractivity contribution >= 4 is 5.97 Å². The van der Waals surface area contributed by atoms with E-state index in [0.717, 1.165) is 24.3 Å². The van der Waals surface area contributed by atoms with Gasteiger partial charge in [0.15, 0.2) is 5.69 Å². The first kappa shape index (κ1) is 12.4. The smallest absolute Gasteiger partial charge is 0.360 e. The molecule has 4 aliphatic rings. The molecule has 0 unspecified atom stereocenters. The molecule has 4 aliphatic carbocycles. The second-order valence-corrected chi connectivity index (χ2v) is 7.21. The van der Waals surface area contributed by atoms with Gasteiger partial charge in [0.2, 0.25) is 0 Å². The Balaban J connectivity index is 1.54. The molecule has 0 spiro atoms. The monoisotopic (exact) mass is 275 g/mol. The van der Waals surface area contributed by atoms with Crippen molar-refractivity contribution < 1.29 is 9.53 Å². The molecule has 0 saturated heterocycles. The minimum Gasteiger partial charge on any atom is -0.464 e. The average molecular weight is 275 g/mol. The Bertz CT molecular complexity index is 502. The number of rotatable bonds is 3. The van der Waals surface area contributed by atoms with Crippen LogP contribution < -0.4 is 0 Å². The average Bonchev–Trinajstić information content (AvgIpc) is 2.83. The lowest BCUT2D eigenvalue weighted by atomic mass is 9.49. The summed E-state index contributed by atoms with van der Waals surface area (Å²) in [5.74, 6) is 2.40. The maximum absolute atomic E-state index is 11.5. The minimum absolute atomic E-state index is 0.317. The van der Waals surface area contributed by atoms with Crippen LogP contribution in [0.4, 0.5) is 0 Å². The van der Waals surface area contributed by atoms with E-state index in [1.165, 1.54) is 45.6 Å². The SMILES string of the molecule is COC(=O)c1cn(CC23CC4CC(CC(C4)C2)C3)nn1. The quantitative estimate of drug-likeness (QED) is 0.794. The summed E-state index contributed by atoms with van der Waals surface area (Å²) in [6, 6.07) is 0. The van der Waals surface area contributed by atoms with Crippen molar-refractivity contribution in [1.29, 1.82) is 0 Å². The fourth-order valence-electron chi connectivity index (χ4n) is 5.40. The summed E-state index contributed by atoms with van der Waals surface area (Å²) in [4.78, 5) is 11.5. The Labute approximate surface area is 118 Å². The van der Waals surface area contributed by atoms with Gasteiger partial charge < -0.3 is 4.74 Å². The van der Waals surface area contributed by atoms with Gasteiger partial charge in [0.1, 0.15) is 0 Å². The molecule has 20 heavy (non-hydrogen) atoms. The van der Waals surface area contributed by atoms with E-state index in [4.69, 9.17) is 0 Å². The maximum Gasteiger partial charge on any atom is 0.360 e. The first-order chi connectivity index (χ1) is 9.66. The molecular formula is C15H21N3O2. The standard InChI is InChI=1S/C15H21N3O2/c1-20-14(19)13-8-18(17-16-13)9-15-5-10-2-11(6-15)4-12(3-10)7-15/h8,10-12H,2-7,9H2,1H3. The summed E-state index contributed by atoms with van der Waals surface area (Å²) >= 11 is 0. The number of nitrogens with zero attached hydrogens (tertiary/aromatic N) is 3. The van der Waals surface area contributed by atoms with Crippen molar-refractivity contribution in [3.63, 3.8) is 0 Å².